The van der Waals surface area contributed by atoms with Gasteiger partial charge in [-0.25, -0.2) is 9.78 Å². The Bertz CT molecular complexity index is 784. The summed E-state index contributed by atoms with van der Waals surface area (Å²) in [6.07, 6.45) is -0.546. The maximum atomic E-state index is 11.8. The summed E-state index contributed by atoms with van der Waals surface area (Å²) in [6, 6.07) is 13.1. The van der Waals surface area contributed by atoms with Crippen LogP contribution in [0.25, 0.3) is 10.2 Å². The number of halogens is 2. The second kappa shape index (κ2) is 6.64. The van der Waals surface area contributed by atoms with Crippen molar-refractivity contribution in [3.05, 3.63) is 57.5 Å². The average molecular weight is 398 g/mol. The molecule has 0 aliphatic heterocycles. The highest BCUT2D eigenvalue weighted by atomic mass is 79.9. The van der Waals surface area contributed by atoms with Crippen molar-refractivity contribution in [2.45, 2.75) is 6.61 Å². The first-order valence-corrected chi connectivity index (χ1v) is 8.34. The van der Waals surface area contributed by atoms with Gasteiger partial charge in [-0.1, -0.05) is 53.3 Å². The van der Waals surface area contributed by atoms with E-state index in [4.69, 9.17) is 16.3 Å². The molecule has 1 amide bonds. The van der Waals surface area contributed by atoms with E-state index in [1.54, 1.807) is 6.07 Å². The molecule has 0 saturated heterocycles. The number of hydrogen-bond donors (Lipinski definition) is 1. The number of nitrogens with one attached hydrogen (secondary N) is 1. The fourth-order valence-corrected chi connectivity index (χ4v) is 3.55. The molecule has 1 heterocycles. The summed E-state index contributed by atoms with van der Waals surface area (Å²) in [5, 5.41) is 3.61. The number of nitrogens with zero attached hydrogens (tertiary/aromatic N) is 1. The Morgan fingerprint density at radius 2 is 2.05 bits per heavy atom. The van der Waals surface area contributed by atoms with Crippen molar-refractivity contribution in [1.82, 2.24) is 4.98 Å². The molecule has 1 aromatic heterocycles. The smallest absolute Gasteiger partial charge is 0.413 e. The molecule has 4 nitrogen and oxygen atoms in total. The number of carbonyl (C=O) groups is 1. The zero-order valence-electron chi connectivity index (χ0n) is 11.2. The monoisotopic (exact) mass is 396 g/mol. The molecule has 0 radical (unpaired) electrons. The summed E-state index contributed by atoms with van der Waals surface area (Å²) in [7, 11) is 0. The van der Waals surface area contributed by atoms with E-state index in [1.807, 2.05) is 36.4 Å². The van der Waals surface area contributed by atoms with E-state index < -0.39 is 6.09 Å². The molecule has 0 atom stereocenters. The van der Waals surface area contributed by atoms with E-state index in [0.717, 1.165) is 14.7 Å². The predicted molar refractivity (Wildman–Crippen MR) is 92.6 cm³/mol. The second-order valence-electron chi connectivity index (χ2n) is 4.41. The van der Waals surface area contributed by atoms with Crippen LogP contribution in [0.1, 0.15) is 5.56 Å². The molecular formula is C15H10BrClN2O2S. The van der Waals surface area contributed by atoms with Crippen LogP contribution in [-0.4, -0.2) is 11.1 Å². The second-order valence-corrected chi connectivity index (χ2v) is 6.67. The molecule has 0 saturated carbocycles. The maximum Gasteiger partial charge on any atom is 0.413 e. The van der Waals surface area contributed by atoms with E-state index in [-0.39, 0.29) is 6.61 Å². The summed E-state index contributed by atoms with van der Waals surface area (Å²) in [5.74, 6) is 0. The van der Waals surface area contributed by atoms with Crippen LogP contribution in [-0.2, 0) is 11.3 Å². The van der Waals surface area contributed by atoms with Gasteiger partial charge in [0.1, 0.15) is 12.1 Å². The van der Waals surface area contributed by atoms with Crippen LogP contribution in [0.5, 0.6) is 0 Å². The number of carbonyl (C=O) groups excluding carboxylic acids is 1. The highest BCUT2D eigenvalue weighted by molar-refractivity contribution is 9.10. The normalized spacial score (nSPS) is 10.6. The highest BCUT2D eigenvalue weighted by Crippen LogP contribution is 2.36. The van der Waals surface area contributed by atoms with E-state index in [2.05, 4.69) is 26.2 Å². The number of hydrogen-bond acceptors (Lipinski definition) is 4. The zero-order valence-corrected chi connectivity index (χ0v) is 14.3. The van der Waals surface area contributed by atoms with Gasteiger partial charge in [-0.05, 0) is 33.6 Å². The van der Waals surface area contributed by atoms with Crippen LogP contribution < -0.4 is 5.32 Å². The highest BCUT2D eigenvalue weighted by Gasteiger charge is 2.13. The molecule has 0 unspecified atom stereocenters. The Morgan fingerprint density at radius 3 is 2.77 bits per heavy atom. The summed E-state index contributed by atoms with van der Waals surface area (Å²) in [4.78, 5) is 16.1. The topological polar surface area (TPSA) is 51.2 Å². The Morgan fingerprint density at radius 1 is 1.27 bits per heavy atom. The van der Waals surface area contributed by atoms with Gasteiger partial charge in [0.15, 0.2) is 5.13 Å². The SMILES string of the molecule is O=C(Nc1nc2c(Cl)ccc(Br)c2s1)OCc1ccccc1. The van der Waals surface area contributed by atoms with Gasteiger partial charge >= 0.3 is 6.09 Å². The number of rotatable bonds is 3. The molecular weight excluding hydrogens is 388 g/mol. The number of ether oxygens (including phenoxy) is 1. The summed E-state index contributed by atoms with van der Waals surface area (Å²) < 4.78 is 6.93. The number of amides is 1. The maximum absolute atomic E-state index is 11.8. The Labute approximate surface area is 144 Å². The van der Waals surface area contributed by atoms with Gasteiger partial charge < -0.3 is 4.74 Å². The Kier molecular flexibility index (Phi) is 4.61. The van der Waals surface area contributed by atoms with Crippen molar-refractivity contribution in [3.8, 4) is 0 Å². The first-order valence-electron chi connectivity index (χ1n) is 6.36. The number of anilines is 1. The van der Waals surface area contributed by atoms with Crippen molar-refractivity contribution < 1.29 is 9.53 Å². The number of thiazole rings is 1. The van der Waals surface area contributed by atoms with Gasteiger partial charge in [0.05, 0.1) is 9.72 Å². The minimum atomic E-state index is -0.546. The summed E-state index contributed by atoms with van der Waals surface area (Å²) >= 11 is 10.9. The molecule has 1 N–H and O–H groups in total. The zero-order chi connectivity index (χ0) is 15.5. The molecule has 3 rings (SSSR count). The minimum absolute atomic E-state index is 0.210. The number of aromatic nitrogens is 1. The Hall–Kier alpha value is -1.63. The molecule has 0 aliphatic rings. The molecule has 2 aromatic carbocycles. The van der Waals surface area contributed by atoms with Gasteiger partial charge in [0, 0.05) is 4.47 Å². The van der Waals surface area contributed by atoms with E-state index in [1.165, 1.54) is 11.3 Å². The lowest BCUT2D eigenvalue weighted by Crippen LogP contribution is -2.13. The van der Waals surface area contributed by atoms with E-state index in [9.17, 15) is 4.79 Å². The fraction of sp³-hybridized carbons (Fsp3) is 0.0667. The molecule has 0 spiro atoms. The lowest BCUT2D eigenvalue weighted by Gasteiger charge is -2.04. The third-order valence-electron chi connectivity index (χ3n) is 2.87. The van der Waals surface area contributed by atoms with Gasteiger partial charge in [-0.3, -0.25) is 5.32 Å². The first-order chi connectivity index (χ1) is 10.6. The molecule has 7 heteroatoms. The largest absolute Gasteiger partial charge is 0.444 e. The van der Waals surface area contributed by atoms with E-state index >= 15 is 0 Å². The van der Waals surface area contributed by atoms with Crippen molar-refractivity contribution in [3.63, 3.8) is 0 Å². The molecule has 3 aromatic rings. The fourth-order valence-electron chi connectivity index (χ4n) is 1.84. The van der Waals surface area contributed by atoms with Crippen LogP contribution in [0, 0.1) is 0 Å². The number of fused-ring (bicyclic) bond motifs is 1. The van der Waals surface area contributed by atoms with Crippen molar-refractivity contribution in [1.29, 1.82) is 0 Å². The minimum Gasteiger partial charge on any atom is -0.444 e. The van der Waals surface area contributed by atoms with Gasteiger partial charge in [0.25, 0.3) is 0 Å². The molecule has 0 fully saturated rings. The van der Waals surface area contributed by atoms with Gasteiger partial charge in [-0.15, -0.1) is 0 Å². The van der Waals surface area contributed by atoms with Crippen LogP contribution in [0.2, 0.25) is 5.02 Å². The van der Waals surface area contributed by atoms with Crippen molar-refractivity contribution in [2.75, 3.05) is 5.32 Å². The predicted octanol–water partition coefficient (Wildman–Crippen LogP) is 5.46. The lowest BCUT2D eigenvalue weighted by atomic mass is 10.2. The molecule has 0 bridgehead atoms. The summed E-state index contributed by atoms with van der Waals surface area (Å²) in [6.45, 7) is 0.210. The summed E-state index contributed by atoms with van der Waals surface area (Å²) in [5.41, 5.74) is 1.58. The third kappa shape index (κ3) is 3.40. The van der Waals surface area contributed by atoms with E-state index in [0.29, 0.717) is 15.7 Å². The van der Waals surface area contributed by atoms with Crippen LogP contribution in [0.15, 0.2) is 46.9 Å². The van der Waals surface area contributed by atoms with Crippen LogP contribution in [0.4, 0.5) is 9.93 Å². The molecule has 0 aliphatic carbocycles. The van der Waals surface area contributed by atoms with Crippen molar-refractivity contribution >= 4 is 60.3 Å². The standard InChI is InChI=1S/C15H10BrClN2O2S/c16-10-6-7-11(17)12-13(10)22-14(18-12)19-15(20)21-8-9-4-2-1-3-5-9/h1-7H,8H2,(H,18,19,20). The molecule has 112 valence electrons. The first kappa shape index (κ1) is 15.3. The average Bonchev–Trinajstić information content (AvgIpc) is 2.95. The van der Waals surface area contributed by atoms with Crippen LogP contribution >= 0.6 is 38.9 Å². The van der Waals surface area contributed by atoms with Gasteiger partial charge in [0.2, 0.25) is 0 Å². The quantitative estimate of drug-likeness (QED) is 0.638. The van der Waals surface area contributed by atoms with Gasteiger partial charge in [-0.2, -0.15) is 0 Å². The lowest BCUT2D eigenvalue weighted by molar-refractivity contribution is 0.155. The third-order valence-corrected chi connectivity index (χ3v) is 5.10. The molecule has 22 heavy (non-hydrogen) atoms. The van der Waals surface area contributed by atoms with Crippen LogP contribution in [0.3, 0.4) is 0 Å². The Balaban J connectivity index is 1.69. The number of benzene rings is 2. The van der Waals surface area contributed by atoms with Crippen molar-refractivity contribution in [2.24, 2.45) is 0 Å².